The van der Waals surface area contributed by atoms with Crippen molar-refractivity contribution in [3.63, 3.8) is 0 Å². The van der Waals surface area contributed by atoms with Gasteiger partial charge in [-0.1, -0.05) is 35.9 Å². The molecule has 2 aromatic carbocycles. The number of nitro groups is 1. The van der Waals surface area contributed by atoms with E-state index < -0.39 is 4.92 Å². The van der Waals surface area contributed by atoms with E-state index in [-0.39, 0.29) is 23.7 Å². The minimum Gasteiger partial charge on any atom is -0.310 e. The standard InChI is InChI=1S/C19H20N4O3/c1-12-2-4-13(5-3-12)16-11-17(21-20-16)19(24)22-9-8-14-6-7-15(23(25)26)10-18(14)22/h2-7,10,16-17,20-21H,8-9,11H2,1H3. The van der Waals surface area contributed by atoms with Gasteiger partial charge in [0.2, 0.25) is 5.91 Å². The smallest absolute Gasteiger partial charge is 0.271 e. The number of fused-ring (bicyclic) bond motifs is 1. The van der Waals surface area contributed by atoms with Crippen LogP contribution < -0.4 is 15.8 Å². The summed E-state index contributed by atoms with van der Waals surface area (Å²) < 4.78 is 0. The first-order valence-electron chi connectivity index (χ1n) is 8.69. The van der Waals surface area contributed by atoms with Crippen molar-refractivity contribution in [2.45, 2.75) is 31.8 Å². The summed E-state index contributed by atoms with van der Waals surface area (Å²) in [5, 5.41) is 11.0. The van der Waals surface area contributed by atoms with Crippen molar-refractivity contribution in [2.24, 2.45) is 0 Å². The molecule has 0 radical (unpaired) electrons. The lowest BCUT2D eigenvalue weighted by Gasteiger charge is -2.21. The normalized spacial score (nSPS) is 21.7. The van der Waals surface area contributed by atoms with Gasteiger partial charge in [0.1, 0.15) is 6.04 Å². The Morgan fingerprint density at radius 1 is 1.19 bits per heavy atom. The zero-order valence-electron chi connectivity index (χ0n) is 14.4. The summed E-state index contributed by atoms with van der Waals surface area (Å²) in [7, 11) is 0. The molecule has 2 unspecified atom stereocenters. The molecule has 1 fully saturated rings. The maximum absolute atomic E-state index is 13.0. The van der Waals surface area contributed by atoms with Crippen LogP contribution in [0.1, 0.15) is 29.2 Å². The number of aryl methyl sites for hydroxylation is 1. The fraction of sp³-hybridized carbons (Fsp3) is 0.316. The molecule has 0 aromatic heterocycles. The van der Waals surface area contributed by atoms with Gasteiger partial charge in [-0.2, -0.15) is 0 Å². The Hall–Kier alpha value is -2.77. The number of benzene rings is 2. The van der Waals surface area contributed by atoms with Crippen LogP contribution in [0.3, 0.4) is 0 Å². The van der Waals surface area contributed by atoms with Crippen LogP contribution in [-0.2, 0) is 11.2 Å². The van der Waals surface area contributed by atoms with Gasteiger partial charge in [0.15, 0.2) is 0 Å². The van der Waals surface area contributed by atoms with E-state index in [1.165, 1.54) is 17.7 Å². The van der Waals surface area contributed by atoms with E-state index in [0.29, 0.717) is 18.7 Å². The second-order valence-electron chi connectivity index (χ2n) is 6.85. The van der Waals surface area contributed by atoms with Gasteiger partial charge in [-0.05, 0) is 30.9 Å². The largest absolute Gasteiger partial charge is 0.310 e. The molecule has 4 rings (SSSR count). The van der Waals surface area contributed by atoms with Crippen LogP contribution in [0.25, 0.3) is 0 Å². The van der Waals surface area contributed by atoms with Crippen LogP contribution in [0.4, 0.5) is 11.4 Å². The lowest BCUT2D eigenvalue weighted by molar-refractivity contribution is -0.384. The molecular formula is C19H20N4O3. The number of hydrogen-bond donors (Lipinski definition) is 2. The minimum absolute atomic E-state index is 0.0125. The fourth-order valence-corrected chi connectivity index (χ4v) is 3.63. The van der Waals surface area contributed by atoms with Gasteiger partial charge in [-0.25, -0.2) is 10.9 Å². The van der Waals surface area contributed by atoms with Crippen LogP contribution in [0.2, 0.25) is 0 Å². The van der Waals surface area contributed by atoms with Crippen molar-refractivity contribution in [1.29, 1.82) is 0 Å². The van der Waals surface area contributed by atoms with Crippen LogP contribution >= 0.6 is 0 Å². The first-order valence-corrected chi connectivity index (χ1v) is 8.69. The third kappa shape index (κ3) is 2.95. The van der Waals surface area contributed by atoms with Crippen molar-refractivity contribution in [1.82, 2.24) is 10.9 Å². The number of carbonyl (C=O) groups excluding carboxylic acids is 1. The third-order valence-electron chi connectivity index (χ3n) is 5.12. The lowest BCUT2D eigenvalue weighted by atomic mass is 10.0. The topological polar surface area (TPSA) is 87.5 Å². The first-order chi connectivity index (χ1) is 12.5. The lowest BCUT2D eigenvalue weighted by Crippen LogP contribution is -2.45. The average Bonchev–Trinajstić information content (AvgIpc) is 3.28. The van der Waals surface area contributed by atoms with Gasteiger partial charge >= 0.3 is 0 Å². The number of hydrazine groups is 1. The van der Waals surface area contributed by atoms with Gasteiger partial charge in [0.25, 0.3) is 5.69 Å². The molecule has 2 heterocycles. The Balaban J connectivity index is 1.51. The molecule has 2 aliphatic heterocycles. The summed E-state index contributed by atoms with van der Waals surface area (Å²) in [5.41, 5.74) is 10.3. The molecule has 2 N–H and O–H groups in total. The molecule has 0 spiro atoms. The van der Waals surface area contributed by atoms with E-state index >= 15 is 0 Å². The quantitative estimate of drug-likeness (QED) is 0.654. The Labute approximate surface area is 151 Å². The van der Waals surface area contributed by atoms with E-state index in [1.54, 1.807) is 11.0 Å². The molecule has 7 heteroatoms. The van der Waals surface area contributed by atoms with Gasteiger partial charge < -0.3 is 4.90 Å². The number of hydrogen-bond acceptors (Lipinski definition) is 5. The molecule has 2 atom stereocenters. The second kappa shape index (κ2) is 6.51. The molecule has 7 nitrogen and oxygen atoms in total. The van der Waals surface area contributed by atoms with Crippen LogP contribution in [-0.4, -0.2) is 23.4 Å². The van der Waals surface area contributed by atoms with Crippen molar-refractivity contribution in [3.05, 3.63) is 69.3 Å². The SMILES string of the molecule is Cc1ccc(C2CC(C(=O)N3CCc4ccc([N+](=O)[O-])cc43)NN2)cc1. The monoisotopic (exact) mass is 352 g/mol. The highest BCUT2D eigenvalue weighted by Gasteiger charge is 2.36. The molecule has 0 aliphatic carbocycles. The Morgan fingerprint density at radius 2 is 1.96 bits per heavy atom. The third-order valence-corrected chi connectivity index (χ3v) is 5.12. The van der Waals surface area contributed by atoms with Crippen LogP contribution in [0, 0.1) is 17.0 Å². The Morgan fingerprint density at radius 3 is 2.69 bits per heavy atom. The zero-order chi connectivity index (χ0) is 18.3. The summed E-state index contributed by atoms with van der Waals surface area (Å²) >= 11 is 0. The number of rotatable bonds is 3. The highest BCUT2D eigenvalue weighted by molar-refractivity contribution is 5.99. The highest BCUT2D eigenvalue weighted by atomic mass is 16.6. The molecule has 0 saturated carbocycles. The summed E-state index contributed by atoms with van der Waals surface area (Å²) in [4.78, 5) is 25.3. The second-order valence-corrected chi connectivity index (χ2v) is 6.85. The number of non-ortho nitro benzene ring substituents is 1. The Kier molecular flexibility index (Phi) is 4.18. The summed E-state index contributed by atoms with van der Waals surface area (Å²) in [6.45, 7) is 2.60. The predicted octanol–water partition coefficient (Wildman–Crippen LogP) is 2.40. The minimum atomic E-state index is -0.427. The van der Waals surface area contributed by atoms with Gasteiger partial charge in [0, 0.05) is 24.7 Å². The van der Waals surface area contributed by atoms with E-state index in [2.05, 4.69) is 35.1 Å². The van der Waals surface area contributed by atoms with Crippen molar-refractivity contribution >= 4 is 17.3 Å². The molecule has 2 aromatic rings. The van der Waals surface area contributed by atoms with Crippen molar-refractivity contribution in [2.75, 3.05) is 11.4 Å². The highest BCUT2D eigenvalue weighted by Crippen LogP contribution is 2.33. The molecule has 1 saturated heterocycles. The summed E-state index contributed by atoms with van der Waals surface area (Å²) in [6.07, 6.45) is 1.36. The van der Waals surface area contributed by atoms with E-state index in [4.69, 9.17) is 0 Å². The first kappa shape index (κ1) is 16.7. The maximum Gasteiger partial charge on any atom is 0.271 e. The van der Waals surface area contributed by atoms with E-state index in [0.717, 1.165) is 17.5 Å². The maximum atomic E-state index is 13.0. The number of nitro benzene ring substituents is 1. The molecule has 0 bridgehead atoms. The number of carbonyl (C=O) groups is 1. The van der Waals surface area contributed by atoms with Gasteiger partial charge in [0.05, 0.1) is 10.6 Å². The van der Waals surface area contributed by atoms with Crippen LogP contribution in [0.15, 0.2) is 42.5 Å². The number of anilines is 1. The molecular weight excluding hydrogens is 332 g/mol. The van der Waals surface area contributed by atoms with Crippen molar-refractivity contribution < 1.29 is 9.72 Å². The predicted molar refractivity (Wildman–Crippen MR) is 97.7 cm³/mol. The fourth-order valence-electron chi connectivity index (χ4n) is 3.63. The zero-order valence-corrected chi connectivity index (χ0v) is 14.4. The molecule has 26 heavy (non-hydrogen) atoms. The molecule has 134 valence electrons. The molecule has 2 aliphatic rings. The van der Waals surface area contributed by atoms with E-state index in [1.807, 2.05) is 6.92 Å². The van der Waals surface area contributed by atoms with Crippen LogP contribution in [0.5, 0.6) is 0 Å². The number of nitrogens with zero attached hydrogens (tertiary/aromatic N) is 2. The molecule has 1 amide bonds. The van der Waals surface area contributed by atoms with Gasteiger partial charge in [-0.15, -0.1) is 0 Å². The Bertz CT molecular complexity index is 866. The summed E-state index contributed by atoms with van der Waals surface area (Å²) in [6, 6.07) is 12.7. The van der Waals surface area contributed by atoms with Gasteiger partial charge in [-0.3, -0.25) is 14.9 Å². The van der Waals surface area contributed by atoms with E-state index in [9.17, 15) is 14.9 Å². The number of nitrogens with one attached hydrogen (secondary N) is 2. The van der Waals surface area contributed by atoms with Crippen molar-refractivity contribution in [3.8, 4) is 0 Å². The average molecular weight is 352 g/mol. The summed E-state index contributed by atoms with van der Waals surface area (Å²) in [5.74, 6) is -0.0497. The number of amides is 1.